The molecule has 5 aromatic carbocycles. The SMILES string of the molecule is C=CCO[C@@H]1[C@H](OCc2ccc3ccccc3c2)[C@@H](Sc2ccccc2)O[C@H](CCOCc2ccccc2)[C@H]1OCc1ccccc1. The number of thioether (sulfide) groups is 1. The van der Waals surface area contributed by atoms with E-state index >= 15 is 0 Å². The summed E-state index contributed by atoms with van der Waals surface area (Å²) in [6, 6.07) is 45.6. The number of rotatable bonds is 16. The van der Waals surface area contributed by atoms with Gasteiger partial charge in [0.2, 0.25) is 0 Å². The van der Waals surface area contributed by atoms with Crippen LogP contribution in [-0.4, -0.2) is 43.1 Å². The minimum atomic E-state index is -0.422. The lowest BCUT2D eigenvalue weighted by Gasteiger charge is -2.46. The van der Waals surface area contributed by atoms with Crippen molar-refractivity contribution >= 4 is 22.5 Å². The highest BCUT2D eigenvalue weighted by Crippen LogP contribution is 2.39. The van der Waals surface area contributed by atoms with Crippen molar-refractivity contribution in [2.75, 3.05) is 13.2 Å². The van der Waals surface area contributed by atoms with Crippen LogP contribution in [0.25, 0.3) is 10.8 Å². The number of benzene rings is 5. The quantitative estimate of drug-likeness (QED) is 0.0788. The van der Waals surface area contributed by atoms with Crippen molar-refractivity contribution in [3.63, 3.8) is 0 Å². The van der Waals surface area contributed by atoms with Gasteiger partial charge in [0.1, 0.15) is 23.7 Å². The van der Waals surface area contributed by atoms with Crippen LogP contribution in [0.5, 0.6) is 0 Å². The average Bonchev–Trinajstić information content (AvgIpc) is 3.12. The molecule has 0 radical (unpaired) electrons. The van der Waals surface area contributed by atoms with E-state index in [-0.39, 0.29) is 11.5 Å². The summed E-state index contributed by atoms with van der Waals surface area (Å²) in [4.78, 5) is 1.10. The van der Waals surface area contributed by atoms with Crippen molar-refractivity contribution < 1.29 is 23.7 Å². The Morgan fingerprint density at radius 1 is 0.596 bits per heavy atom. The predicted octanol–water partition coefficient (Wildman–Crippen LogP) is 9.01. The fourth-order valence-corrected chi connectivity index (χ4v) is 6.99. The predicted molar refractivity (Wildman–Crippen MR) is 189 cm³/mol. The molecule has 0 unspecified atom stereocenters. The molecule has 5 atom stereocenters. The van der Waals surface area contributed by atoms with Crippen molar-refractivity contribution in [2.45, 2.75) is 61.0 Å². The molecule has 1 aliphatic heterocycles. The molecular formula is C41H42O5S. The molecule has 47 heavy (non-hydrogen) atoms. The van der Waals surface area contributed by atoms with E-state index in [0.29, 0.717) is 39.5 Å². The zero-order valence-corrected chi connectivity index (χ0v) is 27.4. The van der Waals surface area contributed by atoms with Crippen LogP contribution in [0.1, 0.15) is 23.1 Å². The number of fused-ring (bicyclic) bond motifs is 1. The molecule has 0 spiro atoms. The topological polar surface area (TPSA) is 46.2 Å². The molecule has 1 aliphatic rings. The summed E-state index contributed by atoms with van der Waals surface area (Å²) in [7, 11) is 0. The van der Waals surface area contributed by atoms with Crippen molar-refractivity contribution in [3.05, 3.63) is 163 Å². The van der Waals surface area contributed by atoms with Crippen LogP contribution < -0.4 is 0 Å². The first-order valence-corrected chi connectivity index (χ1v) is 17.1. The Labute approximate surface area is 282 Å². The second-order valence-electron chi connectivity index (χ2n) is 11.6. The molecule has 0 aliphatic carbocycles. The third-order valence-corrected chi connectivity index (χ3v) is 9.35. The zero-order valence-electron chi connectivity index (χ0n) is 26.6. The van der Waals surface area contributed by atoms with Crippen LogP contribution in [0.2, 0.25) is 0 Å². The minimum Gasteiger partial charge on any atom is -0.377 e. The van der Waals surface area contributed by atoms with E-state index in [4.69, 9.17) is 23.7 Å². The molecular weight excluding hydrogens is 605 g/mol. The summed E-state index contributed by atoms with van der Waals surface area (Å²) >= 11 is 1.65. The second kappa shape index (κ2) is 17.4. The van der Waals surface area contributed by atoms with Crippen LogP contribution in [0.15, 0.2) is 151 Å². The summed E-state index contributed by atoms with van der Waals surface area (Å²) in [6.07, 6.45) is 0.904. The fourth-order valence-electron chi connectivity index (χ4n) is 5.84. The molecule has 5 aromatic rings. The lowest BCUT2D eigenvalue weighted by atomic mass is 9.96. The van der Waals surface area contributed by atoms with Gasteiger partial charge in [-0.2, -0.15) is 0 Å². The van der Waals surface area contributed by atoms with Gasteiger partial charge in [0.25, 0.3) is 0 Å². The van der Waals surface area contributed by atoms with Gasteiger partial charge >= 0.3 is 0 Å². The summed E-state index contributed by atoms with van der Waals surface area (Å²) in [5, 5.41) is 2.39. The Balaban J connectivity index is 1.26. The standard InChI is InChI=1S/C41H42O5S/c1-2-25-43-39-38(44-29-32-16-8-4-9-17-32)37(24-26-42-28-31-14-6-3-7-15-31)46-41(47-36-20-10-5-11-21-36)40(39)45-30-33-22-23-34-18-12-13-19-35(34)27-33/h2-23,27,37-41H,1,24-26,28-30H2/t37-,38-,39+,40+,41-/m1/s1. The first-order valence-electron chi connectivity index (χ1n) is 16.2. The van der Waals surface area contributed by atoms with Crippen LogP contribution in [-0.2, 0) is 43.5 Å². The second-order valence-corrected chi connectivity index (χ2v) is 12.8. The fraction of sp³-hybridized carbons (Fsp3) is 0.268. The van der Waals surface area contributed by atoms with Gasteiger partial charge in [0.15, 0.2) is 0 Å². The summed E-state index contributed by atoms with van der Waals surface area (Å²) in [5.74, 6) is 0. The van der Waals surface area contributed by atoms with E-state index in [1.54, 1.807) is 17.8 Å². The lowest BCUT2D eigenvalue weighted by molar-refractivity contribution is -0.244. The summed E-state index contributed by atoms with van der Waals surface area (Å²) in [6.45, 7) is 6.21. The lowest BCUT2D eigenvalue weighted by Crippen LogP contribution is -2.59. The Morgan fingerprint density at radius 2 is 1.21 bits per heavy atom. The molecule has 5 nitrogen and oxygen atoms in total. The maximum absolute atomic E-state index is 6.95. The largest absolute Gasteiger partial charge is 0.377 e. The van der Waals surface area contributed by atoms with Crippen LogP contribution in [0.3, 0.4) is 0 Å². The first kappa shape index (κ1) is 33.2. The highest BCUT2D eigenvalue weighted by molar-refractivity contribution is 7.99. The number of hydrogen-bond acceptors (Lipinski definition) is 6. The molecule has 1 saturated heterocycles. The van der Waals surface area contributed by atoms with Gasteiger partial charge in [-0.1, -0.05) is 133 Å². The van der Waals surface area contributed by atoms with Crippen molar-refractivity contribution in [1.82, 2.24) is 0 Å². The maximum Gasteiger partial charge on any atom is 0.136 e. The van der Waals surface area contributed by atoms with E-state index in [9.17, 15) is 0 Å². The van der Waals surface area contributed by atoms with Gasteiger partial charge in [0.05, 0.1) is 32.5 Å². The van der Waals surface area contributed by atoms with Crippen molar-refractivity contribution in [3.8, 4) is 0 Å². The van der Waals surface area contributed by atoms with E-state index in [0.717, 1.165) is 21.6 Å². The first-order chi connectivity index (χ1) is 23.3. The molecule has 0 N–H and O–H groups in total. The van der Waals surface area contributed by atoms with E-state index in [1.807, 2.05) is 54.6 Å². The molecule has 1 fully saturated rings. The highest BCUT2D eigenvalue weighted by Gasteiger charge is 2.48. The molecule has 6 rings (SSSR count). The molecule has 0 amide bonds. The molecule has 6 heteroatoms. The Morgan fingerprint density at radius 3 is 1.94 bits per heavy atom. The molecule has 0 aromatic heterocycles. The Hall–Kier alpha value is -3.75. The molecule has 1 heterocycles. The van der Waals surface area contributed by atoms with E-state index in [1.165, 1.54) is 10.8 Å². The monoisotopic (exact) mass is 646 g/mol. The third kappa shape index (κ3) is 9.42. The zero-order chi connectivity index (χ0) is 32.1. The van der Waals surface area contributed by atoms with Gasteiger partial charge in [-0.05, 0) is 52.1 Å². The smallest absolute Gasteiger partial charge is 0.136 e. The average molecular weight is 647 g/mol. The van der Waals surface area contributed by atoms with Crippen molar-refractivity contribution in [1.29, 1.82) is 0 Å². The van der Waals surface area contributed by atoms with Crippen LogP contribution >= 0.6 is 11.8 Å². The number of ether oxygens (including phenoxy) is 5. The van der Waals surface area contributed by atoms with Crippen LogP contribution in [0, 0.1) is 0 Å². The normalized spacial score (nSPS) is 21.1. The van der Waals surface area contributed by atoms with E-state index in [2.05, 4.69) is 85.4 Å². The Bertz CT molecular complexity index is 1650. The van der Waals surface area contributed by atoms with E-state index < -0.39 is 18.3 Å². The Kier molecular flexibility index (Phi) is 12.3. The highest BCUT2D eigenvalue weighted by atomic mass is 32.2. The molecule has 0 saturated carbocycles. The third-order valence-electron chi connectivity index (χ3n) is 8.19. The summed E-state index contributed by atoms with van der Waals surface area (Å²) in [5.41, 5.74) is 2.97. The van der Waals surface area contributed by atoms with Gasteiger partial charge in [-0.15, -0.1) is 6.58 Å². The van der Waals surface area contributed by atoms with Crippen LogP contribution in [0.4, 0.5) is 0 Å². The molecule has 242 valence electrons. The van der Waals surface area contributed by atoms with Gasteiger partial charge < -0.3 is 23.7 Å². The molecule has 0 bridgehead atoms. The number of hydrogen-bond donors (Lipinski definition) is 0. The maximum atomic E-state index is 6.95. The van der Waals surface area contributed by atoms with Gasteiger partial charge in [-0.3, -0.25) is 0 Å². The van der Waals surface area contributed by atoms with Crippen molar-refractivity contribution in [2.24, 2.45) is 0 Å². The minimum absolute atomic E-state index is 0.286. The van der Waals surface area contributed by atoms with Gasteiger partial charge in [-0.25, -0.2) is 0 Å². The van der Waals surface area contributed by atoms with Gasteiger partial charge in [0, 0.05) is 11.5 Å². The summed E-state index contributed by atoms with van der Waals surface area (Å²) < 4.78 is 33.2.